The topological polar surface area (TPSA) is 32.3 Å². The van der Waals surface area contributed by atoms with Gasteiger partial charge < -0.3 is 10.2 Å². The summed E-state index contributed by atoms with van der Waals surface area (Å²) in [6, 6.07) is 6.60. The van der Waals surface area contributed by atoms with Crippen LogP contribution in [0.2, 0.25) is 0 Å². The van der Waals surface area contributed by atoms with E-state index in [0.717, 1.165) is 0 Å². The third-order valence-corrected chi connectivity index (χ3v) is 3.84. The van der Waals surface area contributed by atoms with E-state index in [9.17, 15) is 9.18 Å². The first-order chi connectivity index (χ1) is 9.24. The van der Waals surface area contributed by atoms with Crippen LogP contribution in [0.15, 0.2) is 24.3 Å². The molecule has 1 atom stereocenters. The molecule has 1 unspecified atom stereocenters. The molecule has 0 spiro atoms. The summed E-state index contributed by atoms with van der Waals surface area (Å²) in [4.78, 5) is 14.1. The van der Waals surface area contributed by atoms with Crippen LogP contribution in [0.25, 0.3) is 0 Å². The average Bonchev–Trinajstić information content (AvgIpc) is 2.38. The molecule has 1 rings (SSSR count). The summed E-state index contributed by atoms with van der Waals surface area (Å²) in [5.74, 6) is -0.534. The molecule has 112 valence electrons. The van der Waals surface area contributed by atoms with Gasteiger partial charge in [0.25, 0.3) is 0 Å². The minimum atomic E-state index is -0.249. The SMILES string of the molecule is CC(Cc1ccccc1F)C(=O)NCC(C)(C)N(C)C. The van der Waals surface area contributed by atoms with Gasteiger partial charge in [-0.15, -0.1) is 0 Å². The summed E-state index contributed by atoms with van der Waals surface area (Å²) >= 11 is 0. The van der Waals surface area contributed by atoms with E-state index in [1.165, 1.54) is 6.07 Å². The Hall–Kier alpha value is -1.42. The van der Waals surface area contributed by atoms with Gasteiger partial charge in [-0.05, 0) is 46.0 Å². The van der Waals surface area contributed by atoms with Gasteiger partial charge in [-0.3, -0.25) is 4.79 Å². The van der Waals surface area contributed by atoms with Crippen molar-refractivity contribution in [1.29, 1.82) is 0 Å². The Morgan fingerprint density at radius 1 is 1.35 bits per heavy atom. The van der Waals surface area contributed by atoms with Crippen LogP contribution in [0, 0.1) is 11.7 Å². The van der Waals surface area contributed by atoms with Gasteiger partial charge >= 0.3 is 0 Å². The van der Waals surface area contributed by atoms with Gasteiger partial charge in [0.2, 0.25) is 5.91 Å². The van der Waals surface area contributed by atoms with Gasteiger partial charge in [0.05, 0.1) is 0 Å². The summed E-state index contributed by atoms with van der Waals surface area (Å²) in [5, 5.41) is 2.94. The lowest BCUT2D eigenvalue weighted by atomic mass is 9.99. The number of rotatable bonds is 6. The number of halogens is 1. The van der Waals surface area contributed by atoms with Crippen molar-refractivity contribution >= 4 is 5.91 Å². The fourth-order valence-electron chi connectivity index (χ4n) is 1.72. The van der Waals surface area contributed by atoms with Crippen molar-refractivity contribution in [3.63, 3.8) is 0 Å². The lowest BCUT2D eigenvalue weighted by Crippen LogP contribution is -2.49. The molecule has 1 aromatic rings. The Morgan fingerprint density at radius 2 is 1.95 bits per heavy atom. The number of nitrogens with zero attached hydrogens (tertiary/aromatic N) is 1. The van der Waals surface area contributed by atoms with Crippen molar-refractivity contribution in [2.45, 2.75) is 32.7 Å². The quantitative estimate of drug-likeness (QED) is 0.868. The summed E-state index contributed by atoms with van der Waals surface area (Å²) in [5.41, 5.74) is 0.481. The zero-order valence-electron chi connectivity index (χ0n) is 13.0. The van der Waals surface area contributed by atoms with Gasteiger partial charge in [-0.2, -0.15) is 0 Å². The highest BCUT2D eigenvalue weighted by Crippen LogP contribution is 2.13. The van der Waals surface area contributed by atoms with E-state index in [1.54, 1.807) is 18.2 Å². The summed E-state index contributed by atoms with van der Waals surface area (Å²) in [6.45, 7) is 6.52. The van der Waals surface area contributed by atoms with Crippen molar-refractivity contribution in [1.82, 2.24) is 10.2 Å². The number of nitrogens with one attached hydrogen (secondary N) is 1. The molecule has 0 heterocycles. The molecule has 0 saturated carbocycles. The molecule has 20 heavy (non-hydrogen) atoms. The number of benzene rings is 1. The number of carbonyl (C=O) groups is 1. The molecule has 0 fully saturated rings. The van der Waals surface area contributed by atoms with Crippen molar-refractivity contribution in [3.8, 4) is 0 Å². The summed E-state index contributed by atoms with van der Waals surface area (Å²) < 4.78 is 13.6. The zero-order valence-corrected chi connectivity index (χ0v) is 13.0. The molecule has 1 aromatic carbocycles. The summed E-state index contributed by atoms with van der Waals surface area (Å²) in [7, 11) is 3.96. The highest BCUT2D eigenvalue weighted by atomic mass is 19.1. The van der Waals surface area contributed by atoms with Crippen LogP contribution in [-0.4, -0.2) is 37.0 Å². The predicted molar refractivity (Wildman–Crippen MR) is 80.0 cm³/mol. The lowest BCUT2D eigenvalue weighted by Gasteiger charge is -2.33. The molecule has 0 aliphatic heterocycles. The van der Waals surface area contributed by atoms with Crippen LogP contribution in [0.4, 0.5) is 4.39 Å². The first-order valence-corrected chi connectivity index (χ1v) is 6.92. The number of carbonyl (C=O) groups excluding carboxylic acids is 1. The minimum Gasteiger partial charge on any atom is -0.354 e. The molecule has 1 amide bonds. The molecular formula is C16H25FN2O. The Kier molecular flexibility index (Phi) is 5.69. The number of likely N-dealkylation sites (N-methyl/N-ethyl adjacent to an activating group) is 1. The minimum absolute atomic E-state index is 0.0387. The Labute approximate surface area is 121 Å². The Bertz CT molecular complexity index is 458. The maximum atomic E-state index is 13.6. The van der Waals surface area contributed by atoms with Crippen molar-refractivity contribution in [2.24, 2.45) is 5.92 Å². The molecule has 0 bridgehead atoms. The van der Waals surface area contributed by atoms with Crippen LogP contribution in [0.1, 0.15) is 26.3 Å². The van der Waals surface area contributed by atoms with Crippen LogP contribution in [-0.2, 0) is 11.2 Å². The van der Waals surface area contributed by atoms with E-state index < -0.39 is 0 Å². The van der Waals surface area contributed by atoms with E-state index in [-0.39, 0.29) is 23.2 Å². The van der Waals surface area contributed by atoms with Gasteiger partial charge in [-0.1, -0.05) is 25.1 Å². The predicted octanol–water partition coefficient (Wildman–Crippen LogP) is 2.46. The van der Waals surface area contributed by atoms with E-state index in [2.05, 4.69) is 24.1 Å². The maximum Gasteiger partial charge on any atom is 0.223 e. The highest BCUT2D eigenvalue weighted by molar-refractivity contribution is 5.78. The van der Waals surface area contributed by atoms with E-state index >= 15 is 0 Å². The molecule has 1 N–H and O–H groups in total. The molecule has 0 radical (unpaired) electrons. The molecule has 0 aliphatic carbocycles. The first-order valence-electron chi connectivity index (χ1n) is 6.92. The third-order valence-electron chi connectivity index (χ3n) is 3.84. The Morgan fingerprint density at radius 3 is 2.50 bits per heavy atom. The first kappa shape index (κ1) is 16.6. The second-order valence-corrected chi connectivity index (χ2v) is 6.12. The second-order valence-electron chi connectivity index (χ2n) is 6.12. The molecule has 4 heteroatoms. The number of hydrogen-bond acceptors (Lipinski definition) is 2. The monoisotopic (exact) mass is 280 g/mol. The third kappa shape index (κ3) is 4.60. The average molecular weight is 280 g/mol. The molecule has 3 nitrogen and oxygen atoms in total. The van der Waals surface area contributed by atoms with E-state index in [4.69, 9.17) is 0 Å². The van der Waals surface area contributed by atoms with Crippen LogP contribution in [0.3, 0.4) is 0 Å². The second kappa shape index (κ2) is 6.84. The van der Waals surface area contributed by atoms with Crippen molar-refractivity contribution in [3.05, 3.63) is 35.6 Å². The maximum absolute atomic E-state index is 13.6. The molecule has 0 aromatic heterocycles. The van der Waals surface area contributed by atoms with Crippen molar-refractivity contribution < 1.29 is 9.18 Å². The lowest BCUT2D eigenvalue weighted by molar-refractivity contribution is -0.125. The highest BCUT2D eigenvalue weighted by Gasteiger charge is 2.23. The smallest absolute Gasteiger partial charge is 0.223 e. The fraction of sp³-hybridized carbons (Fsp3) is 0.562. The molecule has 0 saturated heterocycles. The van der Waals surface area contributed by atoms with Crippen LogP contribution >= 0.6 is 0 Å². The zero-order chi connectivity index (χ0) is 15.3. The van der Waals surface area contributed by atoms with Gasteiger partial charge in [0, 0.05) is 18.0 Å². The normalized spacial score (nSPS) is 13.3. The number of hydrogen-bond donors (Lipinski definition) is 1. The fourth-order valence-corrected chi connectivity index (χ4v) is 1.72. The summed E-state index contributed by atoms with van der Waals surface area (Å²) in [6.07, 6.45) is 0.418. The van der Waals surface area contributed by atoms with Gasteiger partial charge in [-0.25, -0.2) is 4.39 Å². The largest absolute Gasteiger partial charge is 0.354 e. The number of amides is 1. The van der Waals surface area contributed by atoms with Crippen LogP contribution < -0.4 is 5.32 Å². The van der Waals surface area contributed by atoms with E-state index in [1.807, 2.05) is 21.0 Å². The standard InChI is InChI=1S/C16H25FN2O/c1-12(10-13-8-6-7-9-14(13)17)15(20)18-11-16(2,3)19(4)5/h6-9,12H,10-11H2,1-5H3,(H,18,20). The van der Waals surface area contributed by atoms with Crippen LogP contribution in [0.5, 0.6) is 0 Å². The Balaban J connectivity index is 2.54. The van der Waals surface area contributed by atoms with E-state index in [0.29, 0.717) is 18.5 Å². The van der Waals surface area contributed by atoms with Crippen molar-refractivity contribution in [2.75, 3.05) is 20.6 Å². The van der Waals surface area contributed by atoms with Gasteiger partial charge in [0.1, 0.15) is 5.82 Å². The molecular weight excluding hydrogens is 255 g/mol. The molecule has 0 aliphatic rings. The van der Waals surface area contributed by atoms with Gasteiger partial charge in [0.15, 0.2) is 0 Å².